The maximum absolute atomic E-state index is 11.1. The first kappa shape index (κ1) is 15.0. The summed E-state index contributed by atoms with van der Waals surface area (Å²) in [5, 5.41) is 14.6. The van der Waals surface area contributed by atoms with Crippen molar-refractivity contribution in [2.45, 2.75) is 18.6 Å². The molecule has 0 spiro atoms. The van der Waals surface area contributed by atoms with E-state index in [2.05, 4.69) is 11.4 Å². The third-order valence-electron chi connectivity index (χ3n) is 4.90. The van der Waals surface area contributed by atoms with E-state index in [-0.39, 0.29) is 28.7 Å². The SMILES string of the molecule is COc1ccccc1[C@@H]1Nc2ccc([N+](=O)[O-])cc2[C@@H]2OCC[C@H]12. The molecule has 0 amide bonds. The number of fused-ring (bicyclic) bond motifs is 3. The zero-order chi connectivity index (χ0) is 16.7. The number of nitrogens with zero attached hydrogens (tertiary/aromatic N) is 1. The van der Waals surface area contributed by atoms with Crippen molar-refractivity contribution in [2.24, 2.45) is 5.92 Å². The maximum atomic E-state index is 11.1. The van der Waals surface area contributed by atoms with E-state index in [4.69, 9.17) is 9.47 Å². The lowest BCUT2D eigenvalue weighted by atomic mass is 9.80. The van der Waals surface area contributed by atoms with E-state index in [1.165, 1.54) is 6.07 Å². The van der Waals surface area contributed by atoms with Gasteiger partial charge in [0.25, 0.3) is 5.69 Å². The molecule has 0 radical (unpaired) electrons. The molecule has 1 N–H and O–H groups in total. The predicted octanol–water partition coefficient (Wildman–Crippen LogP) is 3.85. The van der Waals surface area contributed by atoms with Gasteiger partial charge in [0.05, 0.1) is 24.2 Å². The fourth-order valence-corrected chi connectivity index (χ4v) is 3.80. The van der Waals surface area contributed by atoms with Crippen LogP contribution in [0, 0.1) is 16.0 Å². The van der Waals surface area contributed by atoms with Crippen LogP contribution in [0.2, 0.25) is 0 Å². The Labute approximate surface area is 139 Å². The van der Waals surface area contributed by atoms with Gasteiger partial charge in [-0.3, -0.25) is 10.1 Å². The van der Waals surface area contributed by atoms with Crippen molar-refractivity contribution in [1.82, 2.24) is 0 Å². The minimum Gasteiger partial charge on any atom is -0.496 e. The molecule has 6 heteroatoms. The van der Waals surface area contributed by atoms with Crippen LogP contribution in [0.5, 0.6) is 5.75 Å². The quantitative estimate of drug-likeness (QED) is 0.685. The van der Waals surface area contributed by atoms with Crippen LogP contribution in [0.4, 0.5) is 11.4 Å². The Morgan fingerprint density at radius 1 is 1.25 bits per heavy atom. The molecule has 1 saturated heterocycles. The molecule has 0 saturated carbocycles. The second kappa shape index (κ2) is 5.79. The first-order valence-electron chi connectivity index (χ1n) is 7.98. The molecular weight excluding hydrogens is 308 g/mol. The average molecular weight is 326 g/mol. The van der Waals surface area contributed by atoms with Crippen LogP contribution in [-0.4, -0.2) is 18.6 Å². The molecule has 0 unspecified atom stereocenters. The van der Waals surface area contributed by atoms with E-state index in [1.807, 2.05) is 18.2 Å². The molecule has 2 aliphatic rings. The summed E-state index contributed by atoms with van der Waals surface area (Å²) in [6.45, 7) is 0.658. The molecule has 0 aromatic heterocycles. The highest BCUT2D eigenvalue weighted by molar-refractivity contribution is 5.61. The van der Waals surface area contributed by atoms with Gasteiger partial charge >= 0.3 is 0 Å². The van der Waals surface area contributed by atoms with Gasteiger partial charge in [0.2, 0.25) is 0 Å². The fraction of sp³-hybridized carbons (Fsp3) is 0.333. The molecule has 0 aliphatic carbocycles. The number of ether oxygens (including phenoxy) is 2. The summed E-state index contributed by atoms with van der Waals surface area (Å²) in [6.07, 6.45) is 0.777. The highest BCUT2D eigenvalue weighted by atomic mass is 16.6. The summed E-state index contributed by atoms with van der Waals surface area (Å²) >= 11 is 0. The monoisotopic (exact) mass is 326 g/mol. The third kappa shape index (κ3) is 2.30. The van der Waals surface area contributed by atoms with Crippen LogP contribution in [0.15, 0.2) is 42.5 Å². The van der Waals surface area contributed by atoms with Gasteiger partial charge in [-0.2, -0.15) is 0 Å². The first-order chi connectivity index (χ1) is 11.7. The van der Waals surface area contributed by atoms with Crippen molar-refractivity contribution in [1.29, 1.82) is 0 Å². The molecular formula is C18H18N2O4. The van der Waals surface area contributed by atoms with Gasteiger partial charge in [-0.25, -0.2) is 0 Å². The van der Waals surface area contributed by atoms with Crippen LogP contribution in [0.3, 0.4) is 0 Å². The Kier molecular flexibility index (Phi) is 3.61. The summed E-state index contributed by atoms with van der Waals surface area (Å²) in [4.78, 5) is 10.7. The Morgan fingerprint density at radius 3 is 2.88 bits per heavy atom. The lowest BCUT2D eigenvalue weighted by Crippen LogP contribution is -2.29. The Morgan fingerprint density at radius 2 is 2.08 bits per heavy atom. The second-order valence-electron chi connectivity index (χ2n) is 6.14. The molecule has 2 aliphatic heterocycles. The Hall–Kier alpha value is -2.60. The molecule has 2 heterocycles. The zero-order valence-electron chi connectivity index (χ0n) is 13.3. The molecule has 1 fully saturated rings. The molecule has 3 atom stereocenters. The van der Waals surface area contributed by atoms with Gasteiger partial charge in [-0.15, -0.1) is 0 Å². The predicted molar refractivity (Wildman–Crippen MR) is 89.3 cm³/mol. The van der Waals surface area contributed by atoms with Crippen LogP contribution in [-0.2, 0) is 4.74 Å². The number of nitro groups is 1. The molecule has 2 aromatic rings. The first-order valence-corrected chi connectivity index (χ1v) is 7.98. The zero-order valence-corrected chi connectivity index (χ0v) is 13.3. The number of para-hydroxylation sites is 1. The number of hydrogen-bond donors (Lipinski definition) is 1. The number of methoxy groups -OCH3 is 1. The van der Waals surface area contributed by atoms with Gasteiger partial charge in [0.15, 0.2) is 0 Å². The highest BCUT2D eigenvalue weighted by Gasteiger charge is 2.42. The lowest BCUT2D eigenvalue weighted by Gasteiger charge is -2.36. The summed E-state index contributed by atoms with van der Waals surface area (Å²) < 4.78 is 11.5. The summed E-state index contributed by atoms with van der Waals surface area (Å²) in [6, 6.07) is 12.9. The summed E-state index contributed by atoms with van der Waals surface area (Å²) in [5.41, 5.74) is 2.95. The van der Waals surface area contributed by atoms with Crippen molar-refractivity contribution in [3.63, 3.8) is 0 Å². The van der Waals surface area contributed by atoms with E-state index < -0.39 is 0 Å². The van der Waals surface area contributed by atoms with Crippen molar-refractivity contribution in [2.75, 3.05) is 19.0 Å². The number of nitro benzene ring substituents is 1. The molecule has 24 heavy (non-hydrogen) atoms. The highest BCUT2D eigenvalue weighted by Crippen LogP contribution is 2.51. The van der Waals surface area contributed by atoms with Crippen LogP contribution < -0.4 is 10.1 Å². The Bertz CT molecular complexity index is 792. The second-order valence-corrected chi connectivity index (χ2v) is 6.14. The maximum Gasteiger partial charge on any atom is 0.269 e. The van der Waals surface area contributed by atoms with E-state index in [9.17, 15) is 10.1 Å². The third-order valence-corrected chi connectivity index (χ3v) is 4.90. The van der Waals surface area contributed by atoms with Gasteiger partial charge in [0.1, 0.15) is 5.75 Å². The van der Waals surface area contributed by atoms with Gasteiger partial charge < -0.3 is 14.8 Å². The molecule has 124 valence electrons. The molecule has 2 aromatic carbocycles. The minimum absolute atomic E-state index is 0.0580. The number of nitrogens with one attached hydrogen (secondary N) is 1. The van der Waals surface area contributed by atoms with Crippen molar-refractivity contribution in [3.05, 3.63) is 63.7 Å². The summed E-state index contributed by atoms with van der Waals surface area (Å²) in [7, 11) is 1.67. The average Bonchev–Trinajstić information content (AvgIpc) is 3.10. The van der Waals surface area contributed by atoms with Gasteiger partial charge in [-0.1, -0.05) is 18.2 Å². The Balaban J connectivity index is 1.79. The summed E-state index contributed by atoms with van der Waals surface area (Å²) in [5.74, 6) is 1.06. The lowest BCUT2D eigenvalue weighted by molar-refractivity contribution is -0.385. The smallest absolute Gasteiger partial charge is 0.269 e. The number of rotatable bonds is 3. The number of non-ortho nitro benzene ring substituents is 1. The van der Waals surface area contributed by atoms with E-state index in [0.717, 1.165) is 29.0 Å². The van der Waals surface area contributed by atoms with Crippen LogP contribution in [0.25, 0.3) is 0 Å². The van der Waals surface area contributed by atoms with E-state index in [0.29, 0.717) is 6.61 Å². The molecule has 0 bridgehead atoms. The molecule has 6 nitrogen and oxygen atoms in total. The van der Waals surface area contributed by atoms with E-state index in [1.54, 1.807) is 19.2 Å². The standard InChI is InChI=1S/C18H18N2O4/c1-23-16-5-3-2-4-12(16)17-13-8-9-24-18(13)14-10-11(20(21)22)6-7-15(14)19-17/h2-7,10,13,17-19H,8-9H2,1H3/t13-,17+,18-/m1/s1. The van der Waals surface area contributed by atoms with Crippen molar-refractivity contribution in [3.8, 4) is 5.75 Å². The van der Waals surface area contributed by atoms with Crippen LogP contribution >= 0.6 is 0 Å². The normalized spacial score (nSPS) is 24.6. The number of benzene rings is 2. The minimum atomic E-state index is -0.365. The number of hydrogen-bond acceptors (Lipinski definition) is 5. The largest absolute Gasteiger partial charge is 0.496 e. The number of anilines is 1. The van der Waals surface area contributed by atoms with Crippen molar-refractivity contribution >= 4 is 11.4 Å². The van der Waals surface area contributed by atoms with E-state index >= 15 is 0 Å². The van der Waals surface area contributed by atoms with Crippen LogP contribution in [0.1, 0.15) is 29.7 Å². The van der Waals surface area contributed by atoms with Gasteiger partial charge in [0, 0.05) is 41.5 Å². The molecule has 4 rings (SSSR count). The van der Waals surface area contributed by atoms with Gasteiger partial charge in [-0.05, 0) is 18.6 Å². The topological polar surface area (TPSA) is 73.6 Å². The fourth-order valence-electron chi connectivity index (χ4n) is 3.80. The van der Waals surface area contributed by atoms with Crippen molar-refractivity contribution < 1.29 is 14.4 Å².